The lowest BCUT2D eigenvalue weighted by Gasteiger charge is -2.15. The monoisotopic (exact) mass is 604 g/mol. The average Bonchev–Trinajstić information content (AvgIpc) is 3.12. The lowest BCUT2D eigenvalue weighted by atomic mass is 10.1. The van der Waals surface area contributed by atoms with Crippen LogP contribution in [0, 0.1) is 10.1 Å². The summed E-state index contributed by atoms with van der Waals surface area (Å²) in [6, 6.07) is 16.7. The SMILES string of the molecule is CCOc1cc(/C=C2\SC(=S)N(c3ccc(Cl)cc3)C2=O)cc(Br)c1OCc1ccc([N+](=O)[O-])cc1. The van der Waals surface area contributed by atoms with Crippen LogP contribution in [0.25, 0.3) is 6.08 Å². The molecule has 3 aromatic rings. The molecule has 1 heterocycles. The highest BCUT2D eigenvalue weighted by Gasteiger charge is 2.33. The molecule has 1 saturated heterocycles. The Bertz CT molecular complexity index is 1360. The normalized spacial score (nSPS) is 14.4. The van der Waals surface area contributed by atoms with E-state index >= 15 is 0 Å². The Hall–Kier alpha value is -2.92. The van der Waals surface area contributed by atoms with E-state index in [2.05, 4.69) is 15.9 Å². The van der Waals surface area contributed by atoms with Gasteiger partial charge in [-0.1, -0.05) is 35.6 Å². The van der Waals surface area contributed by atoms with Gasteiger partial charge in [0.25, 0.3) is 11.6 Å². The van der Waals surface area contributed by atoms with Crippen LogP contribution in [0.3, 0.4) is 0 Å². The molecule has 184 valence electrons. The zero-order valence-electron chi connectivity index (χ0n) is 18.8. The van der Waals surface area contributed by atoms with E-state index in [1.807, 2.05) is 13.0 Å². The molecule has 0 spiro atoms. The van der Waals surface area contributed by atoms with Gasteiger partial charge in [0.15, 0.2) is 15.8 Å². The fourth-order valence-electron chi connectivity index (χ4n) is 3.38. The number of halogens is 2. The number of anilines is 1. The zero-order valence-corrected chi connectivity index (χ0v) is 22.7. The smallest absolute Gasteiger partial charge is 0.270 e. The van der Waals surface area contributed by atoms with Gasteiger partial charge in [-0.2, -0.15) is 0 Å². The van der Waals surface area contributed by atoms with E-state index in [-0.39, 0.29) is 18.2 Å². The number of carbonyl (C=O) groups excluding carboxylic acids is 1. The molecular weight excluding hydrogens is 588 g/mol. The Labute approximate surface area is 230 Å². The molecule has 0 aliphatic carbocycles. The molecule has 0 saturated carbocycles. The van der Waals surface area contributed by atoms with Crippen molar-refractivity contribution < 1.29 is 19.2 Å². The van der Waals surface area contributed by atoms with E-state index in [1.165, 1.54) is 28.8 Å². The van der Waals surface area contributed by atoms with E-state index < -0.39 is 4.92 Å². The van der Waals surface area contributed by atoms with E-state index in [4.69, 9.17) is 33.3 Å². The minimum atomic E-state index is -0.448. The summed E-state index contributed by atoms with van der Waals surface area (Å²) in [5, 5.41) is 11.4. The highest BCUT2D eigenvalue weighted by molar-refractivity contribution is 9.10. The van der Waals surface area contributed by atoms with Gasteiger partial charge in [-0.25, -0.2) is 0 Å². The summed E-state index contributed by atoms with van der Waals surface area (Å²) >= 11 is 16.2. The summed E-state index contributed by atoms with van der Waals surface area (Å²) in [5.41, 5.74) is 2.16. The quantitative estimate of drug-likeness (QED) is 0.115. The van der Waals surface area contributed by atoms with Crippen molar-refractivity contribution in [2.24, 2.45) is 0 Å². The number of carbonyl (C=O) groups is 1. The maximum Gasteiger partial charge on any atom is 0.270 e. The zero-order chi connectivity index (χ0) is 25.8. The molecular formula is C25H18BrClN2O5S2. The molecule has 11 heteroatoms. The number of non-ortho nitro benzene ring substituents is 1. The van der Waals surface area contributed by atoms with Crippen LogP contribution in [0.4, 0.5) is 11.4 Å². The van der Waals surface area contributed by atoms with Crippen molar-refractivity contribution in [2.75, 3.05) is 11.5 Å². The first kappa shape index (κ1) is 26.2. The molecule has 3 aromatic carbocycles. The second-order valence-electron chi connectivity index (χ2n) is 7.47. The molecule has 7 nitrogen and oxygen atoms in total. The Morgan fingerprint density at radius 1 is 1.14 bits per heavy atom. The average molecular weight is 606 g/mol. The van der Waals surface area contributed by atoms with Crippen molar-refractivity contribution in [2.45, 2.75) is 13.5 Å². The summed E-state index contributed by atoms with van der Waals surface area (Å²) < 4.78 is 12.8. The fraction of sp³-hybridized carbons (Fsp3) is 0.120. The van der Waals surface area contributed by atoms with Gasteiger partial charge < -0.3 is 9.47 Å². The molecule has 1 aliphatic rings. The summed E-state index contributed by atoms with van der Waals surface area (Å²) in [7, 11) is 0. The van der Waals surface area contributed by atoms with Crippen LogP contribution < -0.4 is 14.4 Å². The molecule has 0 N–H and O–H groups in total. The number of thioether (sulfide) groups is 1. The van der Waals surface area contributed by atoms with Gasteiger partial charge in [0.05, 0.1) is 26.6 Å². The number of benzene rings is 3. The molecule has 0 unspecified atom stereocenters. The molecule has 0 aromatic heterocycles. The van der Waals surface area contributed by atoms with Crippen LogP contribution in [0.1, 0.15) is 18.1 Å². The van der Waals surface area contributed by atoms with Gasteiger partial charge in [0.2, 0.25) is 0 Å². The molecule has 1 amide bonds. The summed E-state index contributed by atoms with van der Waals surface area (Å²) in [6.45, 7) is 2.45. The standard InChI is InChI=1S/C25H18BrClN2O5S2/c1-2-33-21-12-16(11-20(26)23(21)34-14-15-3-7-19(8-4-15)29(31)32)13-22-24(30)28(25(35)36-22)18-9-5-17(27)6-10-18/h3-13H,2,14H2,1H3/b22-13-. The van der Waals surface area contributed by atoms with Crippen LogP contribution in [0.5, 0.6) is 11.5 Å². The predicted molar refractivity (Wildman–Crippen MR) is 150 cm³/mol. The van der Waals surface area contributed by atoms with Crippen LogP contribution in [0.15, 0.2) is 70.0 Å². The molecule has 4 rings (SSSR count). The predicted octanol–water partition coefficient (Wildman–Crippen LogP) is 7.39. The largest absolute Gasteiger partial charge is 0.490 e. The Balaban J connectivity index is 1.57. The highest BCUT2D eigenvalue weighted by Crippen LogP contribution is 2.40. The number of thiocarbonyl (C=S) groups is 1. The molecule has 36 heavy (non-hydrogen) atoms. The van der Waals surface area contributed by atoms with Crippen molar-refractivity contribution in [3.63, 3.8) is 0 Å². The van der Waals surface area contributed by atoms with Crippen molar-refractivity contribution >= 4 is 79.2 Å². The van der Waals surface area contributed by atoms with Crippen LogP contribution in [-0.2, 0) is 11.4 Å². The Kier molecular flexibility index (Phi) is 8.30. The lowest BCUT2D eigenvalue weighted by Crippen LogP contribution is -2.27. The lowest BCUT2D eigenvalue weighted by molar-refractivity contribution is -0.384. The van der Waals surface area contributed by atoms with Gasteiger partial charge in [0.1, 0.15) is 6.61 Å². The summed E-state index contributed by atoms with van der Waals surface area (Å²) in [5.74, 6) is 0.759. The van der Waals surface area contributed by atoms with Crippen LogP contribution in [-0.4, -0.2) is 21.8 Å². The number of nitro benzene ring substituents is 1. The Morgan fingerprint density at radius 3 is 2.47 bits per heavy atom. The second-order valence-corrected chi connectivity index (χ2v) is 10.4. The number of ether oxygens (including phenoxy) is 2. The van der Waals surface area contributed by atoms with E-state index in [0.717, 1.165) is 11.1 Å². The topological polar surface area (TPSA) is 81.9 Å². The van der Waals surface area contributed by atoms with Crippen LogP contribution >= 0.6 is 51.5 Å². The van der Waals surface area contributed by atoms with Crippen molar-refractivity contribution in [3.05, 3.63) is 96.3 Å². The number of rotatable bonds is 8. The van der Waals surface area contributed by atoms with Crippen molar-refractivity contribution in [1.29, 1.82) is 0 Å². The second kappa shape index (κ2) is 11.4. The summed E-state index contributed by atoms with van der Waals surface area (Å²) in [6.07, 6.45) is 1.75. The van der Waals surface area contributed by atoms with Gasteiger partial charge in [-0.15, -0.1) is 0 Å². The molecule has 1 fully saturated rings. The third-order valence-electron chi connectivity index (χ3n) is 5.04. The van der Waals surface area contributed by atoms with Gasteiger partial charge in [-0.05, 0) is 88.6 Å². The summed E-state index contributed by atoms with van der Waals surface area (Å²) in [4.78, 5) is 25.5. The third kappa shape index (κ3) is 5.89. The first-order chi connectivity index (χ1) is 17.3. The van der Waals surface area contributed by atoms with Gasteiger partial charge in [0, 0.05) is 17.2 Å². The fourth-order valence-corrected chi connectivity index (χ4v) is 5.37. The van der Waals surface area contributed by atoms with E-state index in [1.54, 1.807) is 48.5 Å². The third-order valence-corrected chi connectivity index (χ3v) is 7.18. The number of hydrogen-bond donors (Lipinski definition) is 0. The molecule has 0 radical (unpaired) electrons. The van der Waals surface area contributed by atoms with E-state index in [0.29, 0.717) is 42.5 Å². The van der Waals surface area contributed by atoms with Crippen molar-refractivity contribution in [3.8, 4) is 11.5 Å². The number of nitrogens with zero attached hydrogens (tertiary/aromatic N) is 2. The minimum Gasteiger partial charge on any atom is -0.490 e. The molecule has 0 bridgehead atoms. The molecule has 1 aliphatic heterocycles. The Morgan fingerprint density at radius 2 is 1.83 bits per heavy atom. The minimum absolute atomic E-state index is 0.0146. The highest BCUT2D eigenvalue weighted by atomic mass is 79.9. The number of nitro groups is 1. The number of hydrogen-bond acceptors (Lipinski definition) is 7. The maximum atomic E-state index is 13.1. The van der Waals surface area contributed by atoms with Gasteiger partial charge in [-0.3, -0.25) is 19.8 Å². The molecule has 0 atom stereocenters. The van der Waals surface area contributed by atoms with Gasteiger partial charge >= 0.3 is 0 Å². The van der Waals surface area contributed by atoms with Crippen molar-refractivity contribution in [1.82, 2.24) is 0 Å². The first-order valence-electron chi connectivity index (χ1n) is 10.6. The van der Waals surface area contributed by atoms with E-state index in [9.17, 15) is 14.9 Å². The maximum absolute atomic E-state index is 13.1. The van der Waals surface area contributed by atoms with Crippen LogP contribution in [0.2, 0.25) is 5.02 Å². The first-order valence-corrected chi connectivity index (χ1v) is 13.0. The number of amides is 1.